The Balaban J connectivity index is -0.0000000493. The lowest BCUT2D eigenvalue weighted by Gasteiger charge is -1.95. The Morgan fingerprint density at radius 2 is 1.69 bits per heavy atom. The van der Waals surface area contributed by atoms with E-state index in [4.69, 9.17) is 0 Å². The van der Waals surface area contributed by atoms with Crippen LogP contribution in [0.25, 0.3) is 0 Å². The van der Waals surface area contributed by atoms with Gasteiger partial charge in [0.15, 0.2) is 0 Å². The van der Waals surface area contributed by atoms with Crippen molar-refractivity contribution in [3.8, 4) is 12.3 Å². The minimum Gasteiger partial charge on any atom is -0.389 e. The maximum absolute atomic E-state index is 4.60. The molecule has 0 unspecified atom stereocenters. The van der Waals surface area contributed by atoms with Crippen molar-refractivity contribution in [1.82, 2.24) is 5.32 Å². The summed E-state index contributed by atoms with van der Waals surface area (Å²) in [5, 5.41) is 3.01. The number of allylic oxidation sites excluding steroid dienone is 1. The summed E-state index contributed by atoms with van der Waals surface area (Å²) in [7, 11) is 0. The summed E-state index contributed by atoms with van der Waals surface area (Å²) >= 11 is 3.53. The van der Waals surface area contributed by atoms with E-state index in [1.54, 1.807) is 13.2 Å². The minimum atomic E-state index is 0.981. The van der Waals surface area contributed by atoms with Gasteiger partial charge in [0.2, 0.25) is 0 Å². The lowest BCUT2D eigenvalue weighted by molar-refractivity contribution is 0.859. The maximum Gasteiger partial charge on any atom is 0.0115 e. The normalized spacial score (nSPS) is 5.08. The predicted molar refractivity (Wildman–Crippen MR) is 69.3 cm³/mol. The van der Waals surface area contributed by atoms with Gasteiger partial charge in [-0.05, 0) is 27.0 Å². The van der Waals surface area contributed by atoms with E-state index in [1.807, 2.05) is 20.8 Å². The first-order valence-electron chi connectivity index (χ1n) is 4.40. The lowest BCUT2D eigenvalue weighted by Crippen LogP contribution is -2.07. The molecule has 0 aliphatic heterocycles. The van der Waals surface area contributed by atoms with Gasteiger partial charge in [0, 0.05) is 12.2 Å². The van der Waals surface area contributed by atoms with Crippen LogP contribution in [0.5, 0.6) is 0 Å². The molecule has 0 aliphatic rings. The van der Waals surface area contributed by atoms with Crippen molar-refractivity contribution in [2.45, 2.75) is 34.6 Å². The Morgan fingerprint density at radius 3 is 1.69 bits per heavy atom. The zero-order chi connectivity index (χ0) is 11.7. The summed E-state index contributed by atoms with van der Waals surface area (Å²) in [4.78, 5) is 0. The molecule has 1 N–H and O–H groups in total. The van der Waals surface area contributed by atoms with Gasteiger partial charge in [-0.15, -0.1) is 12.3 Å². The molecule has 0 spiro atoms. The zero-order valence-corrected chi connectivity index (χ0v) is 10.8. The summed E-state index contributed by atoms with van der Waals surface area (Å²) in [5.74, 6) is 2.25. The number of rotatable bonds is 2. The van der Waals surface area contributed by atoms with Gasteiger partial charge < -0.3 is 5.32 Å². The van der Waals surface area contributed by atoms with E-state index in [0.717, 1.165) is 12.2 Å². The van der Waals surface area contributed by atoms with Crippen LogP contribution < -0.4 is 5.32 Å². The molecule has 1 nitrogen and oxygen atoms in total. The van der Waals surface area contributed by atoms with E-state index in [-0.39, 0.29) is 0 Å². The average molecular weight is 203 g/mol. The van der Waals surface area contributed by atoms with Crippen LogP contribution in [0.4, 0.5) is 0 Å². The van der Waals surface area contributed by atoms with E-state index >= 15 is 0 Å². The fourth-order valence-corrected chi connectivity index (χ4v) is 0.302. The van der Waals surface area contributed by atoms with Gasteiger partial charge >= 0.3 is 0 Å². The third-order valence-corrected chi connectivity index (χ3v) is 0.479. The van der Waals surface area contributed by atoms with Crippen LogP contribution in [0.2, 0.25) is 0 Å². The molecule has 2 heteroatoms. The van der Waals surface area contributed by atoms with Crippen LogP contribution >= 0.6 is 12.6 Å². The molecule has 80 valence electrons. The Morgan fingerprint density at radius 1 is 1.46 bits per heavy atom. The van der Waals surface area contributed by atoms with E-state index in [2.05, 4.69) is 43.8 Å². The van der Waals surface area contributed by atoms with E-state index < -0.39 is 0 Å². The van der Waals surface area contributed by atoms with Crippen LogP contribution in [-0.2, 0) is 0 Å². The van der Waals surface area contributed by atoms with Gasteiger partial charge in [-0.3, -0.25) is 0 Å². The summed E-state index contributed by atoms with van der Waals surface area (Å²) in [6.45, 7) is 14.3. The third kappa shape index (κ3) is 170. The third-order valence-electron chi connectivity index (χ3n) is 0.479. The van der Waals surface area contributed by atoms with Crippen LogP contribution in [0, 0.1) is 12.3 Å². The number of hydrogen-bond acceptors (Lipinski definition) is 2. The fraction of sp³-hybridized carbons (Fsp3) is 0.636. The van der Waals surface area contributed by atoms with E-state index in [0.29, 0.717) is 0 Å². The highest BCUT2D eigenvalue weighted by atomic mass is 32.1. The van der Waals surface area contributed by atoms with Crippen LogP contribution in [0.15, 0.2) is 12.3 Å². The highest BCUT2D eigenvalue weighted by Gasteiger charge is 1.70. The summed E-state index contributed by atoms with van der Waals surface area (Å²) in [6.07, 6.45) is 6.29. The largest absolute Gasteiger partial charge is 0.389 e. The number of hydrogen-bond donors (Lipinski definition) is 2. The van der Waals surface area contributed by atoms with E-state index in [1.165, 1.54) is 0 Å². The van der Waals surface area contributed by atoms with Gasteiger partial charge in [-0.25, -0.2) is 0 Å². The van der Waals surface area contributed by atoms with Crippen LogP contribution in [0.1, 0.15) is 34.6 Å². The molecule has 0 radical (unpaired) electrons. The first kappa shape index (κ1) is 22.9. The van der Waals surface area contributed by atoms with Gasteiger partial charge in [0.25, 0.3) is 0 Å². The highest BCUT2D eigenvalue weighted by Crippen LogP contribution is 1.72. The van der Waals surface area contributed by atoms with Crippen molar-refractivity contribution in [2.75, 3.05) is 12.8 Å². The van der Waals surface area contributed by atoms with E-state index in [9.17, 15) is 0 Å². The highest BCUT2D eigenvalue weighted by molar-refractivity contribution is 7.79. The summed E-state index contributed by atoms with van der Waals surface area (Å²) in [6, 6.07) is 0. The lowest BCUT2D eigenvalue weighted by atomic mass is 10.5. The van der Waals surface area contributed by atoms with Gasteiger partial charge in [0.05, 0.1) is 0 Å². The molecule has 0 aliphatic carbocycles. The smallest absolute Gasteiger partial charge is 0.0115 e. The Hall–Kier alpha value is -0.550. The Kier molecular flexibility index (Phi) is 74.0. The van der Waals surface area contributed by atoms with Crippen molar-refractivity contribution in [2.24, 2.45) is 0 Å². The number of nitrogens with one attached hydrogen (secondary N) is 1. The number of thiol groups is 1. The van der Waals surface area contributed by atoms with Gasteiger partial charge in [-0.1, -0.05) is 20.4 Å². The molecule has 0 rings (SSSR count). The molecular formula is C11H25NS. The SMILES string of the molecule is C#CC.C=C(C)NCC.CC.CS. The van der Waals surface area contributed by atoms with Crippen LogP contribution in [0.3, 0.4) is 0 Å². The topological polar surface area (TPSA) is 12.0 Å². The standard InChI is InChI=1S/C5H11N.C3H4.C2H6.CH4S/c1-4-6-5(2)3;1-3-2;2*1-2/h6H,2,4H2,1,3H3;1H,2H3;1-2H3;2H,1H3. The quantitative estimate of drug-likeness (QED) is 0.518. The molecule has 0 fully saturated rings. The van der Waals surface area contributed by atoms with Crippen molar-refractivity contribution in [3.05, 3.63) is 12.3 Å². The predicted octanol–water partition coefficient (Wildman–Crippen LogP) is 3.34. The molecule has 0 amide bonds. The molecule has 0 atom stereocenters. The first-order valence-corrected chi connectivity index (χ1v) is 5.29. The molecule has 0 saturated heterocycles. The summed E-state index contributed by atoms with van der Waals surface area (Å²) < 4.78 is 0. The average Bonchev–Trinajstić information content (AvgIpc) is 2.12. The Labute approximate surface area is 90.4 Å². The molecule has 0 aromatic carbocycles. The molecule has 0 saturated carbocycles. The second kappa shape index (κ2) is 42.1. The molecule has 0 bridgehead atoms. The second-order valence-electron chi connectivity index (χ2n) is 1.60. The molecule has 0 aromatic heterocycles. The van der Waals surface area contributed by atoms with Crippen molar-refractivity contribution in [3.63, 3.8) is 0 Å². The number of terminal acetylenes is 1. The molecule has 13 heavy (non-hydrogen) atoms. The fourth-order valence-electron chi connectivity index (χ4n) is 0.302. The Bertz CT molecular complexity index is 103. The zero-order valence-electron chi connectivity index (χ0n) is 9.94. The molecular weight excluding hydrogens is 178 g/mol. The monoisotopic (exact) mass is 203 g/mol. The van der Waals surface area contributed by atoms with Crippen LogP contribution in [-0.4, -0.2) is 12.8 Å². The second-order valence-corrected chi connectivity index (χ2v) is 1.60. The first-order chi connectivity index (χ1) is 6.18. The molecule has 0 aromatic rings. The van der Waals surface area contributed by atoms with Crippen molar-refractivity contribution < 1.29 is 0 Å². The molecule has 0 heterocycles. The van der Waals surface area contributed by atoms with Crippen molar-refractivity contribution in [1.29, 1.82) is 0 Å². The maximum atomic E-state index is 4.60. The van der Waals surface area contributed by atoms with Gasteiger partial charge in [-0.2, -0.15) is 12.6 Å². The van der Waals surface area contributed by atoms with Crippen molar-refractivity contribution >= 4 is 12.6 Å². The minimum absolute atomic E-state index is 0.981. The van der Waals surface area contributed by atoms with Gasteiger partial charge in [0.1, 0.15) is 0 Å². The summed E-state index contributed by atoms with van der Waals surface area (Å²) in [5.41, 5.74) is 1.04.